The Balaban J connectivity index is 2.37. The molecule has 2 nitrogen and oxygen atoms in total. The zero-order valence-corrected chi connectivity index (χ0v) is 10.5. The van der Waals surface area contributed by atoms with Gasteiger partial charge in [-0.25, -0.2) is 0 Å². The zero-order chi connectivity index (χ0) is 11.3. The van der Waals surface area contributed by atoms with Crippen LogP contribution >= 0.6 is 23.8 Å². The van der Waals surface area contributed by atoms with Crippen molar-refractivity contribution in [1.82, 2.24) is 10.6 Å². The number of benzene rings is 1. The number of thiocarbonyl (C=S) groups is 1. The molecule has 0 radical (unpaired) electrons. The predicted molar refractivity (Wildman–Crippen MR) is 69.2 cm³/mol. The highest BCUT2D eigenvalue weighted by molar-refractivity contribution is 7.80. The zero-order valence-electron chi connectivity index (χ0n) is 8.88. The van der Waals surface area contributed by atoms with E-state index in [9.17, 15) is 0 Å². The molecule has 2 N–H and O–H groups in total. The molecule has 0 bridgehead atoms. The summed E-state index contributed by atoms with van der Waals surface area (Å²) < 4.78 is 0. The first-order chi connectivity index (χ1) is 7.08. The van der Waals surface area contributed by atoms with E-state index < -0.39 is 0 Å². The summed E-state index contributed by atoms with van der Waals surface area (Å²) in [7, 11) is 0. The van der Waals surface area contributed by atoms with Crippen LogP contribution in [0.4, 0.5) is 0 Å². The molecule has 1 aromatic rings. The predicted octanol–water partition coefficient (Wildman–Crippen LogP) is 2.71. The lowest BCUT2D eigenvalue weighted by Gasteiger charge is -2.12. The van der Waals surface area contributed by atoms with Crippen molar-refractivity contribution in [3.8, 4) is 0 Å². The molecule has 0 spiro atoms. The quantitative estimate of drug-likeness (QED) is 0.797. The van der Waals surface area contributed by atoms with Crippen LogP contribution in [0.15, 0.2) is 24.3 Å². The molecule has 0 saturated carbocycles. The van der Waals surface area contributed by atoms with Gasteiger partial charge in [0.1, 0.15) is 0 Å². The molecule has 1 rings (SSSR count). The summed E-state index contributed by atoms with van der Waals surface area (Å²) in [4.78, 5) is 0. The Kier molecular flexibility index (Phi) is 4.85. The fourth-order valence-corrected chi connectivity index (χ4v) is 1.53. The maximum atomic E-state index is 5.78. The largest absolute Gasteiger partial charge is 0.361 e. The third kappa shape index (κ3) is 5.00. The van der Waals surface area contributed by atoms with Crippen LogP contribution in [0.3, 0.4) is 0 Å². The summed E-state index contributed by atoms with van der Waals surface area (Å²) >= 11 is 10.9. The van der Waals surface area contributed by atoms with Gasteiger partial charge in [-0.15, -0.1) is 0 Å². The van der Waals surface area contributed by atoms with E-state index in [1.807, 2.05) is 24.3 Å². The third-order valence-electron chi connectivity index (χ3n) is 1.79. The summed E-state index contributed by atoms with van der Waals surface area (Å²) in [5, 5.41) is 7.68. The molecule has 0 aromatic heterocycles. The Morgan fingerprint density at radius 3 is 2.47 bits per heavy atom. The molecule has 82 valence electrons. The van der Waals surface area contributed by atoms with Crippen molar-refractivity contribution in [3.63, 3.8) is 0 Å². The number of rotatable bonds is 3. The molecular formula is C11H15ClN2S. The summed E-state index contributed by atoms with van der Waals surface area (Å²) in [6.07, 6.45) is 0. The molecule has 0 atom stereocenters. The highest BCUT2D eigenvalue weighted by Crippen LogP contribution is 2.08. The third-order valence-corrected chi connectivity index (χ3v) is 2.30. The Morgan fingerprint density at radius 2 is 1.93 bits per heavy atom. The van der Waals surface area contributed by atoms with Gasteiger partial charge >= 0.3 is 0 Å². The topological polar surface area (TPSA) is 24.1 Å². The standard InChI is InChI=1S/C11H15ClN2S/c1-8(2)14-11(15)13-7-9-3-5-10(12)6-4-9/h3-6,8H,7H2,1-2H3,(H2,13,14,15). The van der Waals surface area contributed by atoms with Gasteiger partial charge in [-0.3, -0.25) is 0 Å². The van der Waals surface area contributed by atoms with Gasteiger partial charge < -0.3 is 10.6 Å². The number of hydrogen-bond acceptors (Lipinski definition) is 1. The van der Waals surface area contributed by atoms with Crippen LogP contribution < -0.4 is 10.6 Å². The second-order valence-corrected chi connectivity index (χ2v) is 4.45. The van der Waals surface area contributed by atoms with Gasteiger partial charge in [0.2, 0.25) is 0 Å². The molecule has 1 aromatic carbocycles. The average Bonchev–Trinajstić information content (AvgIpc) is 2.16. The van der Waals surface area contributed by atoms with E-state index in [-0.39, 0.29) is 0 Å². The number of halogens is 1. The van der Waals surface area contributed by atoms with Crippen molar-refractivity contribution >= 4 is 28.9 Å². The Morgan fingerprint density at radius 1 is 1.33 bits per heavy atom. The van der Waals surface area contributed by atoms with Crippen molar-refractivity contribution in [2.75, 3.05) is 0 Å². The molecule has 0 saturated heterocycles. The molecule has 0 fully saturated rings. The maximum absolute atomic E-state index is 5.78. The fraction of sp³-hybridized carbons (Fsp3) is 0.364. The van der Waals surface area contributed by atoms with Gasteiger partial charge in [0.15, 0.2) is 5.11 Å². The van der Waals surface area contributed by atoms with Gasteiger partial charge in [-0.2, -0.15) is 0 Å². The van der Waals surface area contributed by atoms with Crippen LogP contribution in [0.1, 0.15) is 19.4 Å². The number of nitrogens with one attached hydrogen (secondary N) is 2. The first kappa shape index (κ1) is 12.3. The van der Waals surface area contributed by atoms with Crippen molar-refractivity contribution in [1.29, 1.82) is 0 Å². The maximum Gasteiger partial charge on any atom is 0.166 e. The lowest BCUT2D eigenvalue weighted by molar-refractivity contribution is 0.712. The summed E-state index contributed by atoms with van der Waals surface area (Å²) in [5.41, 5.74) is 1.16. The van der Waals surface area contributed by atoms with Gasteiger partial charge in [0, 0.05) is 17.6 Å². The first-order valence-electron chi connectivity index (χ1n) is 4.86. The molecule has 0 unspecified atom stereocenters. The van der Waals surface area contributed by atoms with Crippen LogP contribution in [-0.4, -0.2) is 11.2 Å². The van der Waals surface area contributed by atoms with Crippen LogP contribution in [-0.2, 0) is 6.54 Å². The van der Waals surface area contributed by atoms with Crippen molar-refractivity contribution in [3.05, 3.63) is 34.9 Å². The Hall–Kier alpha value is -0.800. The van der Waals surface area contributed by atoms with Gasteiger partial charge in [-0.1, -0.05) is 23.7 Å². The van der Waals surface area contributed by atoms with E-state index in [0.29, 0.717) is 11.2 Å². The van der Waals surface area contributed by atoms with Gasteiger partial charge in [0.25, 0.3) is 0 Å². The smallest absolute Gasteiger partial charge is 0.166 e. The van der Waals surface area contributed by atoms with Crippen molar-refractivity contribution in [2.24, 2.45) is 0 Å². The van der Waals surface area contributed by atoms with Gasteiger partial charge in [-0.05, 0) is 43.8 Å². The van der Waals surface area contributed by atoms with Crippen LogP contribution in [0.25, 0.3) is 0 Å². The van der Waals surface area contributed by atoms with E-state index in [2.05, 4.69) is 24.5 Å². The van der Waals surface area contributed by atoms with Crippen molar-refractivity contribution in [2.45, 2.75) is 26.4 Å². The van der Waals surface area contributed by atoms with Crippen LogP contribution in [0.5, 0.6) is 0 Å². The van der Waals surface area contributed by atoms with E-state index >= 15 is 0 Å². The Labute approximate surface area is 101 Å². The SMILES string of the molecule is CC(C)NC(=S)NCc1ccc(Cl)cc1. The normalized spacial score (nSPS) is 10.1. The minimum Gasteiger partial charge on any atom is -0.361 e. The molecule has 0 amide bonds. The molecule has 4 heteroatoms. The second-order valence-electron chi connectivity index (χ2n) is 3.61. The highest BCUT2D eigenvalue weighted by atomic mass is 35.5. The summed E-state index contributed by atoms with van der Waals surface area (Å²) in [6, 6.07) is 8.06. The van der Waals surface area contributed by atoms with E-state index in [0.717, 1.165) is 17.1 Å². The minimum atomic E-state index is 0.357. The minimum absolute atomic E-state index is 0.357. The monoisotopic (exact) mass is 242 g/mol. The molecular weight excluding hydrogens is 228 g/mol. The average molecular weight is 243 g/mol. The van der Waals surface area contributed by atoms with E-state index in [1.165, 1.54) is 0 Å². The first-order valence-corrected chi connectivity index (χ1v) is 5.65. The molecule has 0 heterocycles. The summed E-state index contributed by atoms with van der Waals surface area (Å²) in [6.45, 7) is 4.82. The van der Waals surface area contributed by atoms with E-state index in [1.54, 1.807) is 0 Å². The molecule has 15 heavy (non-hydrogen) atoms. The molecule has 0 aliphatic carbocycles. The Bertz CT molecular complexity index is 322. The summed E-state index contributed by atoms with van der Waals surface area (Å²) in [5.74, 6) is 0. The van der Waals surface area contributed by atoms with Crippen LogP contribution in [0.2, 0.25) is 5.02 Å². The lowest BCUT2D eigenvalue weighted by atomic mass is 10.2. The van der Waals surface area contributed by atoms with E-state index in [4.69, 9.17) is 23.8 Å². The highest BCUT2D eigenvalue weighted by Gasteiger charge is 1.98. The number of hydrogen-bond donors (Lipinski definition) is 2. The second kappa shape index (κ2) is 5.93. The molecule has 0 aliphatic heterocycles. The van der Waals surface area contributed by atoms with Crippen molar-refractivity contribution < 1.29 is 0 Å². The molecule has 0 aliphatic rings. The van der Waals surface area contributed by atoms with Gasteiger partial charge in [0.05, 0.1) is 0 Å². The van der Waals surface area contributed by atoms with Crippen LogP contribution in [0, 0.1) is 0 Å². The fourth-order valence-electron chi connectivity index (χ4n) is 1.10. The lowest BCUT2D eigenvalue weighted by Crippen LogP contribution is -2.38.